The molecule has 3 rings (SSSR count). The van der Waals surface area contributed by atoms with Gasteiger partial charge in [-0.2, -0.15) is 0 Å². The maximum absolute atomic E-state index is 13.2. The van der Waals surface area contributed by atoms with Gasteiger partial charge in [-0.15, -0.1) is 0 Å². The van der Waals surface area contributed by atoms with Crippen molar-refractivity contribution in [3.63, 3.8) is 0 Å². The Kier molecular flexibility index (Phi) is 10.8. The van der Waals surface area contributed by atoms with Crippen molar-refractivity contribution in [2.24, 2.45) is 17.6 Å². The van der Waals surface area contributed by atoms with E-state index in [0.29, 0.717) is 6.42 Å². The van der Waals surface area contributed by atoms with E-state index in [4.69, 9.17) is 5.73 Å². The molecule has 1 saturated carbocycles. The molecular weight excluding hydrogens is 540 g/mol. The molecule has 0 aliphatic heterocycles. The normalized spacial score (nSPS) is 19.4. The molecule has 1 aliphatic carbocycles. The van der Waals surface area contributed by atoms with E-state index < -0.39 is 40.0 Å². The average molecular weight is 581 g/mol. The number of para-hydroxylation sites is 1. The summed E-state index contributed by atoms with van der Waals surface area (Å²) < 4.78 is 12.1. The molecule has 199 valence electrons. The van der Waals surface area contributed by atoms with Crippen molar-refractivity contribution in [3.05, 3.63) is 36.0 Å². The SMILES string of the molecule is CC(C)C(N)C(=O)[As]C(Cc1c[nH]c2ccccc12)C(=O)NCC(O)CP(=O)(O)CC1CCCCC1. The third-order valence-electron chi connectivity index (χ3n) is 6.95. The van der Waals surface area contributed by atoms with Crippen LogP contribution in [0.1, 0.15) is 51.5 Å². The van der Waals surface area contributed by atoms with Gasteiger partial charge in [-0.25, -0.2) is 0 Å². The van der Waals surface area contributed by atoms with Crippen LogP contribution in [-0.2, 0) is 20.6 Å². The van der Waals surface area contributed by atoms with Crippen LogP contribution in [-0.4, -0.2) is 72.2 Å². The number of benzene rings is 1. The summed E-state index contributed by atoms with van der Waals surface area (Å²) in [5.74, 6) is -0.116. The van der Waals surface area contributed by atoms with E-state index in [0.717, 1.165) is 42.1 Å². The number of nitrogens with one attached hydrogen (secondary N) is 2. The molecule has 36 heavy (non-hydrogen) atoms. The Morgan fingerprint density at radius 1 is 1.22 bits per heavy atom. The fourth-order valence-electron chi connectivity index (χ4n) is 4.81. The number of hydrogen-bond acceptors (Lipinski definition) is 5. The molecule has 4 unspecified atom stereocenters. The Labute approximate surface area is 220 Å². The number of carbonyl (C=O) groups is 2. The van der Waals surface area contributed by atoms with Crippen molar-refractivity contribution in [2.75, 3.05) is 18.9 Å². The van der Waals surface area contributed by atoms with Crippen molar-refractivity contribution in [3.8, 4) is 0 Å². The molecule has 4 atom stereocenters. The molecule has 8 nitrogen and oxygen atoms in total. The van der Waals surface area contributed by atoms with E-state index in [9.17, 15) is 24.2 Å². The number of H-pyrrole nitrogens is 1. The maximum atomic E-state index is 13.2. The van der Waals surface area contributed by atoms with Crippen LogP contribution < -0.4 is 11.1 Å². The summed E-state index contributed by atoms with van der Waals surface area (Å²) in [4.78, 5) is 39.6. The molecule has 1 aromatic carbocycles. The molecule has 1 amide bonds. The van der Waals surface area contributed by atoms with Crippen molar-refractivity contribution >= 4 is 44.5 Å². The van der Waals surface area contributed by atoms with Crippen LogP contribution in [0.5, 0.6) is 0 Å². The molecule has 1 aromatic heterocycles. The molecule has 0 saturated heterocycles. The molecule has 1 fully saturated rings. The number of carbonyl (C=O) groups excluding carboxylic acids is 2. The minimum atomic E-state index is -3.49. The summed E-state index contributed by atoms with van der Waals surface area (Å²) in [7, 11) is -3.49. The van der Waals surface area contributed by atoms with E-state index in [2.05, 4.69) is 10.3 Å². The second-order valence-corrected chi connectivity index (χ2v) is 15.6. The summed E-state index contributed by atoms with van der Waals surface area (Å²) in [6.45, 7) is 3.65. The van der Waals surface area contributed by atoms with Gasteiger partial charge in [-0.1, -0.05) is 0 Å². The van der Waals surface area contributed by atoms with Crippen LogP contribution in [0, 0.1) is 11.8 Å². The molecule has 1 radical (unpaired) electrons. The van der Waals surface area contributed by atoms with Crippen LogP contribution in [0.2, 0.25) is 4.71 Å². The van der Waals surface area contributed by atoms with Crippen molar-refractivity contribution in [1.29, 1.82) is 0 Å². The Hall–Kier alpha value is -1.43. The molecule has 1 heterocycles. The van der Waals surface area contributed by atoms with Gasteiger partial charge in [0.25, 0.3) is 0 Å². The van der Waals surface area contributed by atoms with Gasteiger partial charge in [0.05, 0.1) is 0 Å². The van der Waals surface area contributed by atoms with Crippen LogP contribution in [0.4, 0.5) is 0 Å². The number of aliphatic hydroxyl groups is 1. The van der Waals surface area contributed by atoms with Gasteiger partial charge in [-0.3, -0.25) is 0 Å². The summed E-state index contributed by atoms with van der Waals surface area (Å²) >= 11 is -1.05. The summed E-state index contributed by atoms with van der Waals surface area (Å²) in [6, 6.07) is 7.17. The Balaban J connectivity index is 1.62. The second-order valence-electron chi connectivity index (χ2n) is 10.4. The second kappa shape index (κ2) is 13.4. The molecule has 1 aliphatic rings. The zero-order valence-corrected chi connectivity index (χ0v) is 24.0. The van der Waals surface area contributed by atoms with Crippen molar-refractivity contribution in [1.82, 2.24) is 10.3 Å². The molecule has 0 spiro atoms. The quantitative estimate of drug-likeness (QED) is 0.182. The molecule has 6 N–H and O–H groups in total. The summed E-state index contributed by atoms with van der Waals surface area (Å²) in [5.41, 5.74) is 7.98. The monoisotopic (exact) mass is 580 g/mol. The Morgan fingerprint density at radius 2 is 1.92 bits per heavy atom. The van der Waals surface area contributed by atoms with Crippen molar-refractivity contribution < 1.29 is 24.2 Å². The van der Waals surface area contributed by atoms with E-state index in [-0.39, 0.29) is 41.2 Å². The van der Waals surface area contributed by atoms with Gasteiger partial charge in [0.15, 0.2) is 0 Å². The van der Waals surface area contributed by atoms with E-state index in [1.165, 1.54) is 6.42 Å². The zero-order chi connectivity index (χ0) is 26.3. The number of nitrogens with two attached hydrogens (primary N) is 1. The topological polar surface area (TPSA) is 146 Å². The minimum absolute atomic E-state index is 0.0192. The summed E-state index contributed by atoms with van der Waals surface area (Å²) in [5, 5.41) is 14.2. The first-order valence-corrected chi connectivity index (χ1v) is 16.9. The summed E-state index contributed by atoms with van der Waals surface area (Å²) in [6.07, 6.45) is 6.38. The fourth-order valence-corrected chi connectivity index (χ4v) is 9.59. The average Bonchev–Trinajstić information content (AvgIpc) is 3.24. The number of rotatable bonds is 13. The van der Waals surface area contributed by atoms with Gasteiger partial charge in [0, 0.05) is 0 Å². The molecule has 10 heteroatoms. The first-order valence-electron chi connectivity index (χ1n) is 12.9. The molecule has 0 bridgehead atoms. The number of aromatic amines is 1. The van der Waals surface area contributed by atoms with E-state index in [1.807, 2.05) is 44.3 Å². The Morgan fingerprint density at radius 3 is 2.61 bits per heavy atom. The number of aliphatic hydroxyl groups excluding tert-OH is 1. The van der Waals surface area contributed by atoms with Crippen LogP contribution in [0.15, 0.2) is 30.5 Å². The number of aromatic nitrogens is 1. The standard InChI is InChI=1S/C26H40AsN3O5P/c1-17(2)24(28)25(32)27-22(12-19-13-29-23-11-7-6-10-21(19)23)26(33)30-14-20(31)16-36(34,35)15-18-8-4-3-5-9-18/h6-7,10-11,13,17-18,20,22,24,29,31H,3-5,8-9,12,14-16,28H2,1-2H3,(H,30,33)(H,34,35). The van der Waals surface area contributed by atoms with Gasteiger partial charge in [0.1, 0.15) is 0 Å². The Bertz CT molecular complexity index is 1070. The number of hydrogen-bond donors (Lipinski definition) is 5. The van der Waals surface area contributed by atoms with E-state index >= 15 is 0 Å². The van der Waals surface area contributed by atoms with Crippen LogP contribution in [0.25, 0.3) is 10.9 Å². The van der Waals surface area contributed by atoms with E-state index in [1.54, 1.807) is 0 Å². The van der Waals surface area contributed by atoms with Gasteiger partial charge >= 0.3 is 221 Å². The van der Waals surface area contributed by atoms with Gasteiger partial charge in [-0.05, 0) is 0 Å². The van der Waals surface area contributed by atoms with Crippen LogP contribution >= 0.6 is 7.37 Å². The van der Waals surface area contributed by atoms with Gasteiger partial charge < -0.3 is 0 Å². The molecule has 2 aromatic rings. The zero-order valence-electron chi connectivity index (χ0n) is 21.2. The van der Waals surface area contributed by atoms with Crippen molar-refractivity contribution in [2.45, 2.75) is 69.2 Å². The number of fused-ring (bicyclic) bond motifs is 1. The van der Waals surface area contributed by atoms with Gasteiger partial charge in [0.2, 0.25) is 0 Å². The molecular formula is C26H40AsN3O5P. The van der Waals surface area contributed by atoms with Crippen LogP contribution in [0.3, 0.4) is 0 Å². The third-order valence-corrected chi connectivity index (χ3v) is 11.7. The fraction of sp³-hybridized carbons (Fsp3) is 0.615. The first kappa shape index (κ1) is 29.1. The first-order chi connectivity index (χ1) is 17.1. The predicted molar refractivity (Wildman–Crippen MR) is 144 cm³/mol. The predicted octanol–water partition coefficient (Wildman–Crippen LogP) is 3.04. The number of amides is 1. The third kappa shape index (κ3) is 8.56.